The molecule has 0 radical (unpaired) electrons. The molecule has 0 aliphatic rings. The molecule has 0 aromatic rings. The summed E-state index contributed by atoms with van der Waals surface area (Å²) < 4.78 is 0. The quantitative estimate of drug-likeness (QED) is 0.220. The molecule has 23 heavy (non-hydrogen) atoms. The average Bonchev–Trinajstić information content (AvgIpc) is 2.51. The molecule has 0 saturated carbocycles. The average molecular weight is 322 g/mol. The zero-order valence-electron chi connectivity index (χ0n) is 14.8. The van der Waals surface area contributed by atoms with Crippen LogP contribution in [0, 0.1) is 0 Å². The van der Waals surface area contributed by atoms with E-state index in [4.69, 9.17) is 5.11 Å². The number of rotatable bonds is 16. The number of carbonyl (C=O) groups is 2. The van der Waals surface area contributed by atoms with Crippen molar-refractivity contribution in [1.82, 2.24) is 0 Å². The van der Waals surface area contributed by atoms with Crippen LogP contribution in [0.1, 0.15) is 90.4 Å². The number of carbonyl (C=O) groups excluding carboxylic acids is 1. The molecule has 0 saturated heterocycles. The van der Waals surface area contributed by atoms with E-state index in [1.54, 1.807) is 6.08 Å². The van der Waals surface area contributed by atoms with Crippen molar-refractivity contribution in [3.8, 4) is 0 Å². The van der Waals surface area contributed by atoms with E-state index in [-0.39, 0.29) is 5.78 Å². The van der Waals surface area contributed by atoms with Crippen LogP contribution in [-0.2, 0) is 9.59 Å². The number of ketones is 1. The third kappa shape index (κ3) is 18.6. The van der Waals surface area contributed by atoms with Crippen LogP contribution in [0.4, 0.5) is 0 Å². The molecule has 0 aliphatic carbocycles. The summed E-state index contributed by atoms with van der Waals surface area (Å²) in [5, 5.41) is 8.52. The van der Waals surface area contributed by atoms with Gasteiger partial charge in [0.15, 0.2) is 5.78 Å². The lowest BCUT2D eigenvalue weighted by atomic mass is 10.1. The van der Waals surface area contributed by atoms with Gasteiger partial charge in [-0.2, -0.15) is 0 Å². The molecule has 0 amide bonds. The van der Waals surface area contributed by atoms with Gasteiger partial charge >= 0.3 is 5.97 Å². The minimum atomic E-state index is -0.687. The Labute approximate surface area is 141 Å². The first-order valence-electron chi connectivity index (χ1n) is 9.24. The number of allylic oxidation sites excluding steroid dienone is 4. The van der Waals surface area contributed by atoms with E-state index >= 15 is 0 Å². The number of hydrogen-bond donors (Lipinski definition) is 1. The van der Waals surface area contributed by atoms with Gasteiger partial charge in [0.2, 0.25) is 0 Å². The second-order valence-electron chi connectivity index (χ2n) is 6.12. The Bertz CT molecular complexity index is 356. The highest BCUT2D eigenvalue weighted by Crippen LogP contribution is 2.10. The molecule has 0 bridgehead atoms. The molecule has 0 fully saturated rings. The Hall–Kier alpha value is -1.38. The smallest absolute Gasteiger partial charge is 0.303 e. The molecule has 0 atom stereocenters. The van der Waals surface area contributed by atoms with Gasteiger partial charge in [-0.25, -0.2) is 0 Å². The number of hydrogen-bond acceptors (Lipinski definition) is 2. The summed E-state index contributed by atoms with van der Waals surface area (Å²) in [6, 6.07) is 0. The molecule has 1 N–H and O–H groups in total. The summed E-state index contributed by atoms with van der Waals surface area (Å²) in [4.78, 5) is 21.8. The van der Waals surface area contributed by atoms with Crippen LogP contribution in [0.15, 0.2) is 24.3 Å². The zero-order valence-corrected chi connectivity index (χ0v) is 14.8. The third-order valence-corrected chi connectivity index (χ3v) is 3.82. The largest absolute Gasteiger partial charge is 0.481 e. The summed E-state index contributed by atoms with van der Waals surface area (Å²) in [5.74, 6) is -0.459. The molecule has 0 unspecified atom stereocenters. The molecule has 0 aliphatic heterocycles. The van der Waals surface area contributed by atoms with E-state index in [1.165, 1.54) is 25.7 Å². The van der Waals surface area contributed by atoms with E-state index in [0.717, 1.165) is 44.9 Å². The van der Waals surface area contributed by atoms with Crippen LogP contribution in [-0.4, -0.2) is 16.9 Å². The monoisotopic (exact) mass is 322 g/mol. The summed E-state index contributed by atoms with van der Waals surface area (Å²) in [6.07, 6.45) is 20.8. The van der Waals surface area contributed by atoms with Crippen molar-refractivity contribution in [3.63, 3.8) is 0 Å². The summed E-state index contributed by atoms with van der Waals surface area (Å²) in [7, 11) is 0. The lowest BCUT2D eigenvalue weighted by molar-refractivity contribution is -0.137. The van der Waals surface area contributed by atoms with Gasteiger partial charge in [-0.05, 0) is 31.8 Å². The molecule has 0 spiro atoms. The molecule has 0 aromatic carbocycles. The predicted octanol–water partition coefficient (Wildman–Crippen LogP) is 5.84. The maximum Gasteiger partial charge on any atom is 0.303 e. The van der Waals surface area contributed by atoms with Gasteiger partial charge in [0.25, 0.3) is 0 Å². The first-order chi connectivity index (χ1) is 11.2. The van der Waals surface area contributed by atoms with Crippen LogP contribution in [0.2, 0.25) is 0 Å². The van der Waals surface area contributed by atoms with Crippen molar-refractivity contribution in [3.05, 3.63) is 24.3 Å². The molecular weight excluding hydrogens is 288 g/mol. The van der Waals surface area contributed by atoms with Crippen molar-refractivity contribution in [2.24, 2.45) is 0 Å². The van der Waals surface area contributed by atoms with Crippen LogP contribution in [0.5, 0.6) is 0 Å². The fourth-order valence-electron chi connectivity index (χ4n) is 2.39. The van der Waals surface area contributed by atoms with E-state index in [0.29, 0.717) is 12.8 Å². The van der Waals surface area contributed by atoms with Crippen LogP contribution < -0.4 is 0 Å². The van der Waals surface area contributed by atoms with Crippen molar-refractivity contribution in [1.29, 1.82) is 0 Å². The van der Waals surface area contributed by atoms with Gasteiger partial charge in [0, 0.05) is 12.8 Å². The summed E-state index contributed by atoms with van der Waals surface area (Å²) in [6.45, 7) is 2.14. The summed E-state index contributed by atoms with van der Waals surface area (Å²) >= 11 is 0. The van der Waals surface area contributed by atoms with Crippen molar-refractivity contribution >= 4 is 11.8 Å². The highest BCUT2D eigenvalue weighted by Gasteiger charge is 1.96. The highest BCUT2D eigenvalue weighted by molar-refractivity contribution is 5.89. The molecule has 3 nitrogen and oxygen atoms in total. The standard InChI is InChI=1S/C20H34O3/c1-2-3-13-16-19(21)17-14-11-9-7-5-4-6-8-10-12-15-18-20(22)23/h9,11,14,17H,2-8,10,12-13,15-16,18H2,1H3,(H,22,23)/b11-9-,17-14+. The Kier molecular flexibility index (Phi) is 16.0. The van der Waals surface area contributed by atoms with Crippen LogP contribution >= 0.6 is 0 Å². The number of carboxylic acid groups (broad SMARTS) is 1. The van der Waals surface area contributed by atoms with Gasteiger partial charge in [0.05, 0.1) is 0 Å². The lowest BCUT2D eigenvalue weighted by Crippen LogP contribution is -1.93. The van der Waals surface area contributed by atoms with Gasteiger partial charge in [-0.1, -0.05) is 70.1 Å². The maximum atomic E-state index is 11.5. The Morgan fingerprint density at radius 2 is 1.39 bits per heavy atom. The number of unbranched alkanes of at least 4 members (excludes halogenated alkanes) is 9. The van der Waals surface area contributed by atoms with E-state index in [1.807, 2.05) is 12.2 Å². The van der Waals surface area contributed by atoms with E-state index in [9.17, 15) is 9.59 Å². The fourth-order valence-corrected chi connectivity index (χ4v) is 2.39. The first-order valence-corrected chi connectivity index (χ1v) is 9.24. The zero-order chi connectivity index (χ0) is 17.2. The van der Waals surface area contributed by atoms with Gasteiger partial charge in [-0.15, -0.1) is 0 Å². The van der Waals surface area contributed by atoms with Gasteiger partial charge < -0.3 is 5.11 Å². The molecule has 3 heteroatoms. The van der Waals surface area contributed by atoms with Crippen LogP contribution in [0.25, 0.3) is 0 Å². The second kappa shape index (κ2) is 17.0. The Balaban J connectivity index is 3.34. The predicted molar refractivity (Wildman–Crippen MR) is 96.6 cm³/mol. The minimum Gasteiger partial charge on any atom is -0.481 e. The normalized spacial score (nSPS) is 11.5. The summed E-state index contributed by atoms with van der Waals surface area (Å²) in [5.41, 5.74) is 0. The molecule has 132 valence electrons. The second-order valence-corrected chi connectivity index (χ2v) is 6.12. The molecule has 0 aromatic heterocycles. The fraction of sp³-hybridized carbons (Fsp3) is 0.700. The molecule has 0 heterocycles. The number of carboxylic acids is 1. The topological polar surface area (TPSA) is 54.4 Å². The van der Waals surface area contributed by atoms with Gasteiger partial charge in [0.1, 0.15) is 0 Å². The Morgan fingerprint density at radius 1 is 0.783 bits per heavy atom. The SMILES string of the molecule is CCCCCC(=O)/C=C/C=C\CCCCCCCCCC(=O)O. The van der Waals surface area contributed by atoms with Crippen molar-refractivity contribution < 1.29 is 14.7 Å². The first kappa shape index (κ1) is 21.6. The van der Waals surface area contributed by atoms with E-state index < -0.39 is 5.97 Å². The molecule has 0 rings (SSSR count). The Morgan fingerprint density at radius 3 is 2.04 bits per heavy atom. The van der Waals surface area contributed by atoms with Crippen molar-refractivity contribution in [2.45, 2.75) is 90.4 Å². The van der Waals surface area contributed by atoms with Crippen LogP contribution in [0.3, 0.4) is 0 Å². The lowest BCUT2D eigenvalue weighted by Gasteiger charge is -1.99. The number of aliphatic carboxylic acids is 1. The van der Waals surface area contributed by atoms with Crippen molar-refractivity contribution in [2.75, 3.05) is 0 Å². The maximum absolute atomic E-state index is 11.5. The van der Waals surface area contributed by atoms with Gasteiger partial charge in [-0.3, -0.25) is 9.59 Å². The minimum absolute atomic E-state index is 0.228. The molecular formula is C20H34O3. The van der Waals surface area contributed by atoms with E-state index in [2.05, 4.69) is 13.0 Å². The highest BCUT2D eigenvalue weighted by atomic mass is 16.4. The third-order valence-electron chi connectivity index (χ3n) is 3.82.